The van der Waals surface area contributed by atoms with Crippen LogP contribution in [0.2, 0.25) is 0 Å². The van der Waals surface area contributed by atoms with E-state index in [1.54, 1.807) is 33.4 Å². The minimum absolute atomic E-state index is 0.112. The molecular weight excluding hydrogens is 949 g/mol. The van der Waals surface area contributed by atoms with Crippen molar-refractivity contribution in [2.75, 3.05) is 0 Å². The molecule has 2 aromatic heterocycles. The van der Waals surface area contributed by atoms with Crippen molar-refractivity contribution in [3.8, 4) is 11.4 Å². The Morgan fingerprint density at radius 3 is 0.833 bits per heavy atom. The summed E-state index contributed by atoms with van der Waals surface area (Å²) < 4.78 is 5.28. The number of benzene rings is 5. The van der Waals surface area contributed by atoms with Gasteiger partial charge in [-0.05, 0) is 292 Å². The van der Waals surface area contributed by atoms with Crippen LogP contribution in [0.15, 0.2) is 94.5 Å². The fraction of sp³-hybridized carbons (Fsp3) is 0.568. The molecular formula is C74H80N2O2. The van der Waals surface area contributed by atoms with Crippen LogP contribution in [0.25, 0.3) is 55.0 Å². The molecule has 19 rings (SSSR count). The Balaban J connectivity index is 0.919. The van der Waals surface area contributed by atoms with Crippen LogP contribution < -0.4 is 10.9 Å². The first-order valence-electron chi connectivity index (χ1n) is 32.8. The van der Waals surface area contributed by atoms with E-state index < -0.39 is 0 Å². The van der Waals surface area contributed by atoms with Crippen molar-refractivity contribution < 1.29 is 0 Å². The van der Waals surface area contributed by atoms with Crippen molar-refractivity contribution >= 4 is 43.6 Å². The molecule has 0 spiro atoms. The molecule has 0 radical (unpaired) electrons. The summed E-state index contributed by atoms with van der Waals surface area (Å²) in [5.74, 6) is 13.0. The first-order chi connectivity index (χ1) is 38.4. The standard InChI is InChI=1S/C74H80N2O2/c77-73-53-5-1-3-7-67(53)75(71-61(57-29-41-11-17-47(57)23-41)33-51(55-27-39-9-15-45(55)21-39)34-62(71)58-30-42-12-18-48(58)24-42)69-38-66-70(37-65(69)73)76(68-8-4-2-6-54(68)74(66)78)72-63(59-31-43-13-19-49(59)25-43)35-52(56-28-40-10-16-46(56)22-40)36-64(72)60-32-44-14-20-50(60)26-44/h1-8,33-50,55-60H,9-32H2. The van der Waals surface area contributed by atoms with Gasteiger partial charge in [0.05, 0.1) is 33.4 Å². The van der Waals surface area contributed by atoms with Crippen LogP contribution in [0.4, 0.5) is 0 Å². The van der Waals surface area contributed by atoms with Crippen LogP contribution >= 0.6 is 0 Å². The maximum Gasteiger partial charge on any atom is 0.197 e. The molecule has 18 unspecified atom stereocenters. The number of hydrogen-bond donors (Lipinski definition) is 0. The quantitative estimate of drug-likeness (QED) is 0.142. The monoisotopic (exact) mass is 1030 g/mol. The van der Waals surface area contributed by atoms with Gasteiger partial charge in [0.15, 0.2) is 10.9 Å². The van der Waals surface area contributed by atoms with Crippen molar-refractivity contribution in [3.63, 3.8) is 0 Å². The predicted molar refractivity (Wildman–Crippen MR) is 317 cm³/mol. The highest BCUT2D eigenvalue weighted by Gasteiger charge is 2.50. The van der Waals surface area contributed by atoms with Gasteiger partial charge in [-0.2, -0.15) is 0 Å². The molecule has 12 fully saturated rings. The van der Waals surface area contributed by atoms with Crippen LogP contribution in [0, 0.1) is 71.0 Å². The molecule has 398 valence electrons. The van der Waals surface area contributed by atoms with E-state index in [2.05, 4.69) is 94.1 Å². The summed E-state index contributed by atoms with van der Waals surface area (Å²) in [6.07, 6.45) is 32.8. The predicted octanol–water partition coefficient (Wildman–Crippen LogP) is 18.0. The SMILES string of the molecule is O=c1c2ccccc2n(-c2c(C3CC4CCC3C4)cc(C3CC4CCC3C4)cc2C2CC3CCC2C3)c2cc3c(=O)c4ccccc4n(-c4c(C5CC6CCC5C6)cc(C5CC6CCC5C6)cc4C4CC5CCC4C5)c3cc12. The first-order valence-corrected chi connectivity index (χ1v) is 32.8. The van der Waals surface area contributed by atoms with Crippen molar-refractivity contribution in [1.82, 2.24) is 9.13 Å². The fourth-order valence-corrected chi connectivity index (χ4v) is 23.4. The second-order valence-electron chi connectivity index (χ2n) is 30.0. The number of aromatic nitrogens is 2. The van der Waals surface area contributed by atoms with E-state index in [4.69, 9.17) is 0 Å². The minimum Gasteiger partial charge on any atom is -0.308 e. The largest absolute Gasteiger partial charge is 0.308 e. The number of pyridine rings is 2. The van der Waals surface area contributed by atoms with Gasteiger partial charge < -0.3 is 9.13 Å². The van der Waals surface area contributed by atoms with Crippen molar-refractivity contribution in [3.05, 3.63) is 139 Å². The highest BCUT2D eigenvalue weighted by molar-refractivity contribution is 6.06. The molecule has 0 amide bonds. The van der Waals surface area contributed by atoms with Gasteiger partial charge in [0.25, 0.3) is 0 Å². The number of para-hydroxylation sites is 2. The Bertz CT molecular complexity index is 3490. The van der Waals surface area contributed by atoms with E-state index in [0.717, 1.165) is 115 Å². The Morgan fingerprint density at radius 2 is 0.564 bits per heavy atom. The van der Waals surface area contributed by atoms with Gasteiger partial charge in [0, 0.05) is 21.5 Å². The third kappa shape index (κ3) is 6.53. The second kappa shape index (κ2) is 16.8. The van der Waals surface area contributed by atoms with E-state index in [0.29, 0.717) is 35.5 Å². The highest BCUT2D eigenvalue weighted by atomic mass is 16.1. The molecule has 12 bridgehead atoms. The summed E-state index contributed by atoms with van der Waals surface area (Å²) in [5, 5.41) is 3.19. The van der Waals surface area contributed by atoms with Gasteiger partial charge in [-0.15, -0.1) is 0 Å². The van der Waals surface area contributed by atoms with Crippen LogP contribution in [-0.2, 0) is 0 Å². The smallest absolute Gasteiger partial charge is 0.197 e. The highest BCUT2D eigenvalue weighted by Crippen LogP contribution is 2.63. The Morgan fingerprint density at radius 1 is 0.282 bits per heavy atom. The molecule has 4 heteroatoms. The summed E-state index contributed by atoms with van der Waals surface area (Å²) in [6, 6.07) is 33.1. The van der Waals surface area contributed by atoms with Crippen molar-refractivity contribution in [2.45, 2.75) is 190 Å². The molecule has 5 aromatic carbocycles. The van der Waals surface area contributed by atoms with E-state index in [-0.39, 0.29) is 10.9 Å². The lowest BCUT2D eigenvalue weighted by Gasteiger charge is -2.35. The molecule has 0 N–H and O–H groups in total. The molecule has 12 aliphatic carbocycles. The molecule has 78 heavy (non-hydrogen) atoms. The molecule has 18 atom stereocenters. The van der Waals surface area contributed by atoms with E-state index in [1.807, 2.05) is 0 Å². The zero-order valence-corrected chi connectivity index (χ0v) is 46.2. The van der Waals surface area contributed by atoms with Gasteiger partial charge in [-0.1, -0.05) is 87.1 Å². The molecule has 0 aliphatic heterocycles. The third-order valence-electron chi connectivity index (χ3n) is 26.6. The number of rotatable bonds is 8. The maximum atomic E-state index is 16.0. The number of hydrogen-bond acceptors (Lipinski definition) is 2. The van der Waals surface area contributed by atoms with Gasteiger partial charge in [0.1, 0.15) is 0 Å². The van der Waals surface area contributed by atoms with Crippen LogP contribution in [0.1, 0.15) is 223 Å². The minimum atomic E-state index is 0.112. The molecule has 2 heterocycles. The summed E-state index contributed by atoms with van der Waals surface area (Å²) in [6.45, 7) is 0. The molecule has 12 saturated carbocycles. The third-order valence-corrected chi connectivity index (χ3v) is 26.6. The lowest BCUT2D eigenvalue weighted by Crippen LogP contribution is -2.22. The van der Waals surface area contributed by atoms with E-state index in [9.17, 15) is 0 Å². The molecule has 4 nitrogen and oxygen atoms in total. The summed E-state index contributed by atoms with van der Waals surface area (Å²) in [4.78, 5) is 32.0. The summed E-state index contributed by atoms with van der Waals surface area (Å²) in [7, 11) is 0. The number of nitrogens with zero attached hydrogens (tertiary/aromatic N) is 2. The summed E-state index contributed by atoms with van der Waals surface area (Å²) in [5.41, 5.74) is 16.6. The van der Waals surface area contributed by atoms with Gasteiger partial charge >= 0.3 is 0 Å². The van der Waals surface area contributed by atoms with Gasteiger partial charge in [0.2, 0.25) is 0 Å². The average molecular weight is 1030 g/mol. The summed E-state index contributed by atoms with van der Waals surface area (Å²) >= 11 is 0. The molecule has 0 saturated heterocycles. The maximum absolute atomic E-state index is 16.0. The first kappa shape index (κ1) is 45.7. The lowest BCUT2D eigenvalue weighted by molar-refractivity contribution is 0.403. The van der Waals surface area contributed by atoms with Crippen molar-refractivity contribution in [1.29, 1.82) is 0 Å². The van der Waals surface area contributed by atoms with Crippen LogP contribution in [0.5, 0.6) is 0 Å². The second-order valence-corrected chi connectivity index (χ2v) is 30.0. The fourth-order valence-electron chi connectivity index (χ4n) is 23.4. The van der Waals surface area contributed by atoms with Gasteiger partial charge in [-0.3, -0.25) is 9.59 Å². The lowest BCUT2D eigenvalue weighted by atomic mass is 9.74. The van der Waals surface area contributed by atoms with Crippen molar-refractivity contribution in [2.24, 2.45) is 71.0 Å². The Labute approximate surface area is 461 Å². The normalized spacial score (nSPS) is 38.4. The molecule has 7 aromatic rings. The Kier molecular flexibility index (Phi) is 9.86. The zero-order chi connectivity index (χ0) is 50.8. The van der Waals surface area contributed by atoms with Gasteiger partial charge in [-0.25, -0.2) is 0 Å². The van der Waals surface area contributed by atoms with E-state index >= 15 is 9.59 Å². The zero-order valence-electron chi connectivity index (χ0n) is 46.2. The van der Waals surface area contributed by atoms with Crippen LogP contribution in [-0.4, -0.2) is 9.13 Å². The van der Waals surface area contributed by atoms with Crippen LogP contribution in [0.3, 0.4) is 0 Å². The Hall–Kier alpha value is -4.96. The number of fused-ring (bicyclic) bond motifs is 16. The average Bonchev–Trinajstić information content (AvgIpc) is 4.42. The topological polar surface area (TPSA) is 44.0 Å². The van der Waals surface area contributed by atoms with E-state index in [1.165, 1.54) is 165 Å². The molecule has 12 aliphatic rings.